The topological polar surface area (TPSA) is 37.2 Å². The van der Waals surface area contributed by atoms with Gasteiger partial charge in [0.1, 0.15) is 0 Å². The summed E-state index contributed by atoms with van der Waals surface area (Å²) in [4.78, 5) is 9.72. The van der Waals surface area contributed by atoms with Crippen LogP contribution in [0.4, 0.5) is 0 Å². The molecular formula is C20H25N5. The predicted molar refractivity (Wildman–Crippen MR) is 101 cm³/mol. The summed E-state index contributed by atoms with van der Waals surface area (Å²) in [6.07, 6.45) is 3.93. The zero-order valence-electron chi connectivity index (χ0n) is 15.0. The molecule has 25 heavy (non-hydrogen) atoms. The summed E-state index contributed by atoms with van der Waals surface area (Å²) >= 11 is 0. The van der Waals surface area contributed by atoms with Gasteiger partial charge in [-0.15, -0.1) is 0 Å². The van der Waals surface area contributed by atoms with Gasteiger partial charge in [-0.2, -0.15) is 5.10 Å². The first kappa shape index (κ1) is 16.2. The van der Waals surface area contributed by atoms with E-state index in [1.54, 1.807) is 0 Å². The summed E-state index contributed by atoms with van der Waals surface area (Å²) in [7, 11) is 1.97. The first-order valence-corrected chi connectivity index (χ1v) is 9.04. The average molecular weight is 335 g/mol. The Hall–Kier alpha value is -2.24. The lowest BCUT2D eigenvalue weighted by Gasteiger charge is -2.33. The first-order chi connectivity index (χ1) is 12.2. The van der Waals surface area contributed by atoms with Gasteiger partial charge in [0.25, 0.3) is 0 Å². The van der Waals surface area contributed by atoms with Gasteiger partial charge >= 0.3 is 0 Å². The molecule has 1 aliphatic rings. The van der Waals surface area contributed by atoms with Crippen molar-refractivity contribution in [1.29, 1.82) is 0 Å². The van der Waals surface area contributed by atoms with Crippen LogP contribution >= 0.6 is 0 Å². The van der Waals surface area contributed by atoms with Crippen LogP contribution in [0.1, 0.15) is 12.5 Å². The largest absolute Gasteiger partial charge is 0.301 e. The van der Waals surface area contributed by atoms with Crippen molar-refractivity contribution in [3.05, 3.63) is 48.3 Å². The van der Waals surface area contributed by atoms with E-state index >= 15 is 0 Å². The number of pyridine rings is 1. The highest BCUT2D eigenvalue weighted by molar-refractivity contribution is 5.83. The molecule has 1 fully saturated rings. The van der Waals surface area contributed by atoms with Crippen molar-refractivity contribution >= 4 is 10.9 Å². The molecule has 1 aliphatic heterocycles. The SMILES string of the molecule is CCN1CCN(Cc2ccc(-c3ccc4c(cnn4C)c3)nc2)CC1. The number of nitrogens with zero attached hydrogens (tertiary/aromatic N) is 5. The summed E-state index contributed by atoms with van der Waals surface area (Å²) in [5.41, 5.74) is 4.59. The van der Waals surface area contributed by atoms with Gasteiger partial charge in [0, 0.05) is 56.9 Å². The molecule has 1 aromatic carbocycles. The highest BCUT2D eigenvalue weighted by atomic mass is 15.3. The second-order valence-corrected chi connectivity index (χ2v) is 6.80. The third kappa shape index (κ3) is 3.43. The zero-order valence-corrected chi connectivity index (χ0v) is 15.0. The Labute approximate surface area is 148 Å². The van der Waals surface area contributed by atoms with Crippen molar-refractivity contribution in [3.63, 3.8) is 0 Å². The minimum atomic E-state index is 0.993. The van der Waals surface area contributed by atoms with E-state index < -0.39 is 0 Å². The fourth-order valence-corrected chi connectivity index (χ4v) is 3.53. The predicted octanol–water partition coefficient (Wildman–Crippen LogP) is 2.77. The van der Waals surface area contributed by atoms with Crippen LogP contribution in [0.2, 0.25) is 0 Å². The van der Waals surface area contributed by atoms with E-state index in [1.165, 1.54) is 18.7 Å². The summed E-state index contributed by atoms with van der Waals surface area (Å²) in [5.74, 6) is 0. The number of hydrogen-bond donors (Lipinski definition) is 0. The number of likely N-dealkylation sites (N-methyl/N-ethyl adjacent to an activating group) is 1. The van der Waals surface area contributed by atoms with Gasteiger partial charge in [-0.25, -0.2) is 0 Å². The Morgan fingerprint density at radius 1 is 0.960 bits per heavy atom. The van der Waals surface area contributed by atoms with Gasteiger partial charge in [-0.3, -0.25) is 14.6 Å². The maximum absolute atomic E-state index is 4.69. The number of aromatic nitrogens is 3. The Morgan fingerprint density at radius 2 is 1.76 bits per heavy atom. The molecule has 0 N–H and O–H groups in total. The smallest absolute Gasteiger partial charge is 0.0702 e. The van der Waals surface area contributed by atoms with Crippen LogP contribution < -0.4 is 0 Å². The van der Waals surface area contributed by atoms with Crippen LogP contribution in [-0.4, -0.2) is 57.3 Å². The van der Waals surface area contributed by atoms with Crippen LogP contribution in [0.5, 0.6) is 0 Å². The molecule has 0 spiro atoms. The van der Waals surface area contributed by atoms with Crippen LogP contribution in [-0.2, 0) is 13.6 Å². The van der Waals surface area contributed by atoms with Crippen LogP contribution in [0.25, 0.3) is 22.2 Å². The summed E-state index contributed by atoms with van der Waals surface area (Å²) in [5, 5.41) is 5.46. The molecule has 0 amide bonds. The zero-order chi connectivity index (χ0) is 17.2. The Morgan fingerprint density at radius 3 is 2.48 bits per heavy atom. The van der Waals surface area contributed by atoms with E-state index in [4.69, 9.17) is 4.98 Å². The van der Waals surface area contributed by atoms with Crippen molar-refractivity contribution in [3.8, 4) is 11.3 Å². The molecule has 0 saturated carbocycles. The van der Waals surface area contributed by atoms with Gasteiger partial charge in [0.2, 0.25) is 0 Å². The molecule has 0 radical (unpaired) electrons. The van der Waals surface area contributed by atoms with Crippen molar-refractivity contribution < 1.29 is 0 Å². The molecule has 130 valence electrons. The highest BCUT2D eigenvalue weighted by Gasteiger charge is 2.15. The van der Waals surface area contributed by atoms with Crippen molar-refractivity contribution in [2.24, 2.45) is 7.05 Å². The molecule has 1 saturated heterocycles. The van der Waals surface area contributed by atoms with E-state index in [0.29, 0.717) is 0 Å². The van der Waals surface area contributed by atoms with Crippen molar-refractivity contribution in [2.75, 3.05) is 32.7 Å². The molecule has 3 aromatic rings. The maximum atomic E-state index is 4.69. The molecule has 0 unspecified atom stereocenters. The minimum Gasteiger partial charge on any atom is -0.301 e. The molecule has 4 rings (SSSR count). The van der Waals surface area contributed by atoms with Gasteiger partial charge in [-0.1, -0.05) is 19.1 Å². The molecule has 0 atom stereocenters. The normalized spacial score (nSPS) is 16.6. The second kappa shape index (κ2) is 6.94. The lowest BCUT2D eigenvalue weighted by atomic mass is 10.1. The van der Waals surface area contributed by atoms with Gasteiger partial charge in [0.05, 0.1) is 17.4 Å². The lowest BCUT2D eigenvalue weighted by Crippen LogP contribution is -2.45. The van der Waals surface area contributed by atoms with E-state index in [-0.39, 0.29) is 0 Å². The maximum Gasteiger partial charge on any atom is 0.0702 e. The van der Waals surface area contributed by atoms with Gasteiger partial charge in [-0.05, 0) is 30.3 Å². The molecular weight excluding hydrogens is 310 g/mol. The lowest BCUT2D eigenvalue weighted by molar-refractivity contribution is 0.132. The van der Waals surface area contributed by atoms with E-state index in [0.717, 1.165) is 48.3 Å². The number of benzene rings is 1. The molecule has 2 aromatic heterocycles. The molecule has 0 aliphatic carbocycles. The standard InChI is InChI=1S/C20H25N5/c1-3-24-8-10-25(11-9-24)15-16-4-6-19(21-13-16)17-5-7-20-18(12-17)14-22-23(20)2/h4-7,12-14H,3,8-11,15H2,1-2H3. The number of piperazine rings is 1. The summed E-state index contributed by atoms with van der Waals surface area (Å²) < 4.78 is 1.90. The van der Waals surface area contributed by atoms with E-state index in [1.807, 2.05) is 24.1 Å². The second-order valence-electron chi connectivity index (χ2n) is 6.80. The Kier molecular flexibility index (Phi) is 4.51. The summed E-state index contributed by atoms with van der Waals surface area (Å²) in [6.45, 7) is 9.03. The van der Waals surface area contributed by atoms with Gasteiger partial charge < -0.3 is 4.90 Å². The van der Waals surface area contributed by atoms with Crippen LogP contribution in [0, 0.1) is 0 Å². The monoisotopic (exact) mass is 335 g/mol. The number of hydrogen-bond acceptors (Lipinski definition) is 4. The Balaban J connectivity index is 1.46. The number of fused-ring (bicyclic) bond motifs is 1. The fourth-order valence-electron chi connectivity index (χ4n) is 3.53. The van der Waals surface area contributed by atoms with Crippen LogP contribution in [0.3, 0.4) is 0 Å². The molecule has 5 nitrogen and oxygen atoms in total. The highest BCUT2D eigenvalue weighted by Crippen LogP contribution is 2.23. The molecule has 0 bridgehead atoms. The minimum absolute atomic E-state index is 0.993. The van der Waals surface area contributed by atoms with Crippen molar-refractivity contribution in [2.45, 2.75) is 13.5 Å². The van der Waals surface area contributed by atoms with Crippen LogP contribution in [0.15, 0.2) is 42.7 Å². The molecule has 5 heteroatoms. The van der Waals surface area contributed by atoms with Crippen molar-refractivity contribution in [1.82, 2.24) is 24.6 Å². The average Bonchev–Trinajstić information content (AvgIpc) is 3.03. The quantitative estimate of drug-likeness (QED) is 0.735. The fraction of sp³-hybridized carbons (Fsp3) is 0.400. The van der Waals surface area contributed by atoms with Gasteiger partial charge in [0.15, 0.2) is 0 Å². The first-order valence-electron chi connectivity index (χ1n) is 9.04. The summed E-state index contributed by atoms with van der Waals surface area (Å²) in [6, 6.07) is 10.7. The molecule has 3 heterocycles. The van der Waals surface area contributed by atoms with E-state index in [2.05, 4.69) is 52.2 Å². The van der Waals surface area contributed by atoms with E-state index in [9.17, 15) is 0 Å². The number of aryl methyl sites for hydroxylation is 1. The number of rotatable bonds is 4. The Bertz CT molecular complexity index is 844. The third-order valence-corrected chi connectivity index (χ3v) is 5.19. The third-order valence-electron chi connectivity index (χ3n) is 5.19.